The fraction of sp³-hybridized carbons (Fsp3) is 0.440. The second-order valence-electron chi connectivity index (χ2n) is 9.01. The van der Waals surface area contributed by atoms with Gasteiger partial charge in [0.25, 0.3) is 0 Å². The lowest BCUT2D eigenvalue weighted by Gasteiger charge is -2.43. The highest BCUT2D eigenvalue weighted by molar-refractivity contribution is 5.87. The molecule has 7 nitrogen and oxygen atoms in total. The molecule has 0 saturated carbocycles. The third kappa shape index (κ3) is 6.31. The summed E-state index contributed by atoms with van der Waals surface area (Å²) >= 11 is 0. The Morgan fingerprint density at radius 1 is 1.00 bits per heavy atom. The number of nitrogens with zero attached hydrogens (tertiary/aromatic N) is 2. The van der Waals surface area contributed by atoms with Gasteiger partial charge in [0.15, 0.2) is 0 Å². The number of carbonyl (C=O) groups is 2. The lowest BCUT2D eigenvalue weighted by atomic mass is 9.90. The first kappa shape index (κ1) is 23.8. The monoisotopic (exact) mass is 440 g/mol. The highest BCUT2D eigenvalue weighted by Crippen LogP contribution is 2.35. The van der Waals surface area contributed by atoms with Crippen LogP contribution in [0.15, 0.2) is 60.7 Å². The van der Waals surface area contributed by atoms with Crippen LogP contribution in [0.1, 0.15) is 50.8 Å². The van der Waals surface area contributed by atoms with Crippen LogP contribution >= 0.6 is 0 Å². The van der Waals surface area contributed by atoms with Gasteiger partial charge in [0.05, 0.1) is 6.04 Å². The summed E-state index contributed by atoms with van der Waals surface area (Å²) < 4.78 is 11.1. The third-order valence-electron chi connectivity index (χ3n) is 5.30. The molecular weight excluding hydrogens is 408 g/mol. The van der Waals surface area contributed by atoms with Crippen molar-refractivity contribution in [3.8, 4) is 0 Å². The number of ether oxygens (including phenoxy) is 2. The third-order valence-corrected chi connectivity index (χ3v) is 5.30. The number of imide groups is 1. The Hall–Kier alpha value is -2.90. The van der Waals surface area contributed by atoms with Crippen LogP contribution in [0.25, 0.3) is 0 Å². The van der Waals surface area contributed by atoms with Gasteiger partial charge in [0, 0.05) is 13.2 Å². The van der Waals surface area contributed by atoms with Gasteiger partial charge in [-0.3, -0.25) is 0 Å². The van der Waals surface area contributed by atoms with Crippen LogP contribution in [0.5, 0.6) is 0 Å². The van der Waals surface area contributed by atoms with Crippen molar-refractivity contribution in [2.45, 2.75) is 51.9 Å². The van der Waals surface area contributed by atoms with Crippen LogP contribution in [0.2, 0.25) is 0 Å². The number of hydrazine groups is 1. The molecule has 172 valence electrons. The highest BCUT2D eigenvalue weighted by atomic mass is 16.6. The second-order valence-corrected chi connectivity index (χ2v) is 9.01. The summed E-state index contributed by atoms with van der Waals surface area (Å²) in [7, 11) is 0. The smallest absolute Gasteiger partial charge is 0.435 e. The van der Waals surface area contributed by atoms with Crippen LogP contribution < -0.4 is 0 Å². The lowest BCUT2D eigenvalue weighted by molar-refractivity contribution is -0.0907. The average Bonchev–Trinajstić information content (AvgIpc) is 2.78. The van der Waals surface area contributed by atoms with Crippen LogP contribution in [0, 0.1) is 5.92 Å². The molecule has 32 heavy (non-hydrogen) atoms. The maximum atomic E-state index is 13.2. The van der Waals surface area contributed by atoms with E-state index in [1.165, 1.54) is 0 Å². The number of rotatable bonds is 5. The molecule has 0 bridgehead atoms. The molecule has 1 aliphatic rings. The predicted molar refractivity (Wildman–Crippen MR) is 120 cm³/mol. The maximum Gasteiger partial charge on any atom is 0.435 e. The summed E-state index contributed by atoms with van der Waals surface area (Å²) in [5.41, 5.74) is 1.01. The van der Waals surface area contributed by atoms with Gasteiger partial charge >= 0.3 is 12.2 Å². The van der Waals surface area contributed by atoms with E-state index < -0.39 is 17.8 Å². The van der Waals surface area contributed by atoms with Gasteiger partial charge in [-0.15, -0.1) is 5.01 Å². The van der Waals surface area contributed by atoms with E-state index in [0.29, 0.717) is 13.0 Å². The molecular formula is C25H32N2O5. The normalized spacial score (nSPS) is 19.2. The number of carbonyl (C=O) groups excluding carboxylic acids is 2. The molecule has 7 heteroatoms. The molecule has 2 amide bonds. The standard InChI is InChI=1S/C25H32N2O5/c1-25(2,3)32-24(30)27(23(29)31-18-19-10-6-4-7-11-19)26-16-20(17-28)14-15-22(26)21-12-8-5-9-13-21/h4-13,20,22,28H,14-18H2,1-3H3. The van der Waals surface area contributed by atoms with E-state index in [2.05, 4.69) is 0 Å². The SMILES string of the molecule is CC(C)(C)OC(=O)N(C(=O)OCc1ccccc1)N1CC(CO)CCC1c1ccccc1. The van der Waals surface area contributed by atoms with Gasteiger partial charge in [0.1, 0.15) is 12.2 Å². The molecule has 0 aliphatic carbocycles. The molecule has 2 unspecified atom stereocenters. The zero-order valence-electron chi connectivity index (χ0n) is 18.9. The molecule has 1 N–H and O–H groups in total. The summed E-state index contributed by atoms with van der Waals surface area (Å²) in [5, 5.41) is 12.4. The molecule has 1 saturated heterocycles. The van der Waals surface area contributed by atoms with Crippen molar-refractivity contribution in [2.75, 3.05) is 13.2 Å². The fourth-order valence-electron chi connectivity index (χ4n) is 3.78. The van der Waals surface area contributed by atoms with E-state index in [4.69, 9.17) is 9.47 Å². The molecule has 3 rings (SSSR count). The summed E-state index contributed by atoms with van der Waals surface area (Å²) in [6.07, 6.45) is -0.133. The van der Waals surface area contributed by atoms with Crippen molar-refractivity contribution in [3.63, 3.8) is 0 Å². The molecule has 1 fully saturated rings. The van der Waals surface area contributed by atoms with Gasteiger partial charge in [-0.05, 0) is 50.7 Å². The quantitative estimate of drug-likeness (QED) is 0.711. The number of benzene rings is 2. The van der Waals surface area contributed by atoms with Gasteiger partial charge in [-0.2, -0.15) is 5.01 Å². The van der Waals surface area contributed by atoms with Crippen molar-refractivity contribution in [2.24, 2.45) is 5.92 Å². The Morgan fingerprint density at radius 2 is 1.62 bits per heavy atom. The minimum Gasteiger partial charge on any atom is -0.443 e. The fourth-order valence-corrected chi connectivity index (χ4v) is 3.78. The second kappa shape index (κ2) is 10.6. The van der Waals surface area contributed by atoms with Crippen molar-refractivity contribution in [1.82, 2.24) is 10.0 Å². The van der Waals surface area contributed by atoms with Crippen molar-refractivity contribution in [1.29, 1.82) is 0 Å². The first-order valence-electron chi connectivity index (χ1n) is 10.9. The largest absolute Gasteiger partial charge is 0.443 e. The first-order valence-corrected chi connectivity index (χ1v) is 10.9. The van der Waals surface area contributed by atoms with Crippen LogP contribution in [-0.4, -0.2) is 46.1 Å². The van der Waals surface area contributed by atoms with Crippen molar-refractivity contribution in [3.05, 3.63) is 71.8 Å². The van der Waals surface area contributed by atoms with E-state index >= 15 is 0 Å². The van der Waals surface area contributed by atoms with E-state index in [9.17, 15) is 14.7 Å². The number of hydrogen-bond donors (Lipinski definition) is 1. The number of piperidine rings is 1. The van der Waals surface area contributed by atoms with Gasteiger partial charge in [0.2, 0.25) is 0 Å². The minimum absolute atomic E-state index is 0.0285. The minimum atomic E-state index is -0.803. The Balaban J connectivity index is 1.90. The number of aliphatic hydroxyl groups is 1. The molecule has 0 radical (unpaired) electrons. The summed E-state index contributed by atoms with van der Waals surface area (Å²) in [4.78, 5) is 26.4. The van der Waals surface area contributed by atoms with Crippen molar-refractivity contribution < 1.29 is 24.2 Å². The lowest BCUT2D eigenvalue weighted by Crippen LogP contribution is -2.56. The average molecular weight is 441 g/mol. The molecule has 1 heterocycles. The number of hydrogen-bond acceptors (Lipinski definition) is 6. The van der Waals surface area contributed by atoms with Crippen LogP contribution in [-0.2, 0) is 16.1 Å². The molecule has 0 aromatic heterocycles. The van der Waals surface area contributed by atoms with E-state index in [1.807, 2.05) is 60.7 Å². The van der Waals surface area contributed by atoms with Gasteiger partial charge < -0.3 is 14.6 Å². The topological polar surface area (TPSA) is 79.3 Å². The maximum absolute atomic E-state index is 13.2. The number of aliphatic hydroxyl groups excluding tert-OH is 1. The molecule has 2 aromatic carbocycles. The molecule has 0 spiro atoms. The first-order chi connectivity index (χ1) is 15.3. The Bertz CT molecular complexity index is 882. The summed E-state index contributed by atoms with van der Waals surface area (Å²) in [6.45, 7) is 5.58. The summed E-state index contributed by atoms with van der Waals surface area (Å²) in [6, 6.07) is 18.8. The zero-order chi connectivity index (χ0) is 23.1. The Morgan fingerprint density at radius 3 is 2.22 bits per heavy atom. The Labute approximate surface area is 189 Å². The van der Waals surface area contributed by atoms with Crippen molar-refractivity contribution >= 4 is 12.2 Å². The number of amides is 2. The van der Waals surface area contributed by atoms with Crippen LogP contribution in [0.3, 0.4) is 0 Å². The molecule has 2 atom stereocenters. The Kier molecular flexibility index (Phi) is 7.88. The predicted octanol–water partition coefficient (Wildman–Crippen LogP) is 4.92. The van der Waals surface area contributed by atoms with Crippen LogP contribution in [0.4, 0.5) is 9.59 Å². The highest BCUT2D eigenvalue weighted by Gasteiger charge is 2.41. The van der Waals surface area contributed by atoms with Gasteiger partial charge in [-0.25, -0.2) is 9.59 Å². The van der Waals surface area contributed by atoms with E-state index in [1.54, 1.807) is 25.8 Å². The zero-order valence-corrected chi connectivity index (χ0v) is 18.9. The van der Waals surface area contributed by atoms with E-state index in [-0.39, 0.29) is 25.2 Å². The molecule has 1 aliphatic heterocycles. The molecule has 2 aromatic rings. The summed E-state index contributed by atoms with van der Waals surface area (Å²) in [5.74, 6) is -0.0678. The van der Waals surface area contributed by atoms with E-state index in [0.717, 1.165) is 22.6 Å². The van der Waals surface area contributed by atoms with Gasteiger partial charge in [-0.1, -0.05) is 60.7 Å².